The van der Waals surface area contributed by atoms with Crippen molar-refractivity contribution in [1.29, 1.82) is 0 Å². The van der Waals surface area contributed by atoms with Gasteiger partial charge in [-0.3, -0.25) is 0 Å². The fraction of sp³-hybridized carbons (Fsp3) is 0.233. The van der Waals surface area contributed by atoms with Crippen LogP contribution in [0.25, 0.3) is 10.8 Å². The summed E-state index contributed by atoms with van der Waals surface area (Å²) in [6, 6.07) is 25.9. The van der Waals surface area contributed by atoms with Crippen molar-refractivity contribution >= 4 is 16.2 Å². The molecule has 160 valence electrons. The second kappa shape index (κ2) is 11.3. The van der Waals surface area contributed by atoms with E-state index in [1.165, 1.54) is 49.7 Å². The molecule has 0 spiro atoms. The van der Waals surface area contributed by atoms with Crippen LogP contribution in [0.15, 0.2) is 78.9 Å². The van der Waals surface area contributed by atoms with E-state index >= 15 is 0 Å². The minimum atomic E-state index is 0.210. The summed E-state index contributed by atoms with van der Waals surface area (Å²) in [4.78, 5) is 0. The van der Waals surface area contributed by atoms with Gasteiger partial charge in [-0.25, -0.2) is 0 Å². The largest absolute Gasteiger partial charge is 0.196 e. The quantitative estimate of drug-likeness (QED) is 0.179. The summed E-state index contributed by atoms with van der Waals surface area (Å²) in [5.41, 5.74) is 9.91. The van der Waals surface area contributed by atoms with Crippen molar-refractivity contribution in [2.24, 2.45) is 0 Å². The van der Waals surface area contributed by atoms with E-state index in [9.17, 15) is 0 Å². The van der Waals surface area contributed by atoms with E-state index in [1.54, 1.807) is 23.3 Å². The van der Waals surface area contributed by atoms with Crippen molar-refractivity contribution in [3.63, 3.8) is 0 Å². The summed E-state index contributed by atoms with van der Waals surface area (Å²) in [6.45, 7) is 13.3. The Hall–Kier alpha value is -1.89. The Balaban J connectivity index is 0.000000186. The van der Waals surface area contributed by atoms with Gasteiger partial charge in [0.2, 0.25) is 0 Å². The molecule has 0 aromatic heterocycles. The Labute approximate surface area is 209 Å². The van der Waals surface area contributed by atoms with Crippen LogP contribution in [0, 0.1) is 33.8 Å². The molecule has 1 aliphatic carbocycles. The minimum absolute atomic E-state index is 0.210. The number of hydrogen-bond donors (Lipinski definition) is 0. The predicted octanol–water partition coefficient (Wildman–Crippen LogP) is 8.12. The molecule has 4 aromatic carbocycles. The molecule has 0 heterocycles. The van der Waals surface area contributed by atoms with Crippen LogP contribution in [0.5, 0.6) is 0 Å². The monoisotopic (exact) mass is 510 g/mol. The van der Waals surface area contributed by atoms with E-state index in [4.69, 9.17) is 0 Å². The number of allylic oxidation sites excluding steroid dienone is 1. The van der Waals surface area contributed by atoms with Gasteiger partial charge in [0, 0.05) is 0 Å². The first-order valence-electron chi connectivity index (χ1n) is 11.2. The molecule has 0 amide bonds. The first-order valence-corrected chi connectivity index (χ1v) is 17.4. The summed E-state index contributed by atoms with van der Waals surface area (Å²) in [5, 5.41) is 2.59. The molecule has 2 heteroatoms. The number of hydrogen-bond acceptors (Lipinski definition) is 0. The third-order valence-corrected chi connectivity index (χ3v) is 6.03. The summed E-state index contributed by atoms with van der Waals surface area (Å²) >= 11 is 1.74. The van der Waals surface area contributed by atoms with Crippen LogP contribution in [0.3, 0.4) is 0 Å². The van der Waals surface area contributed by atoms with Crippen molar-refractivity contribution < 1.29 is 23.3 Å². The van der Waals surface area contributed by atoms with Gasteiger partial charge in [-0.05, 0) is 11.5 Å². The number of aryl methyl sites for hydroxylation is 2. The van der Waals surface area contributed by atoms with Gasteiger partial charge < -0.3 is 0 Å². The van der Waals surface area contributed by atoms with Crippen LogP contribution >= 0.6 is 0 Å². The van der Waals surface area contributed by atoms with Crippen LogP contribution in [0.4, 0.5) is 0 Å². The van der Waals surface area contributed by atoms with Crippen LogP contribution in [-0.2, 0) is 23.3 Å². The van der Waals surface area contributed by atoms with Crippen molar-refractivity contribution in [3.8, 4) is 0 Å². The fourth-order valence-electron chi connectivity index (χ4n) is 4.03. The maximum atomic E-state index is 3.47. The normalized spacial score (nSPS) is 13.7. The first kappa shape index (κ1) is 24.7. The molecule has 4 aromatic rings. The molecule has 0 nitrogen and oxygen atoms in total. The Morgan fingerprint density at radius 3 is 1.91 bits per heavy atom. The summed E-state index contributed by atoms with van der Waals surface area (Å²) < 4.78 is 0. The minimum Gasteiger partial charge on any atom is -0.196 e. The summed E-state index contributed by atoms with van der Waals surface area (Å²) in [7, 11) is 0. The first-order chi connectivity index (χ1) is 15.3. The van der Waals surface area contributed by atoms with Crippen LogP contribution in [0.2, 0.25) is 13.1 Å². The zero-order valence-electron chi connectivity index (χ0n) is 20.1. The molecule has 0 saturated carbocycles. The van der Waals surface area contributed by atoms with Gasteiger partial charge in [0.25, 0.3) is 0 Å². The fourth-order valence-corrected chi connectivity index (χ4v) is 4.03. The maximum absolute atomic E-state index is 3.47. The Bertz CT molecular complexity index is 1220. The van der Waals surface area contributed by atoms with E-state index in [-0.39, 0.29) is 5.43 Å². The molecule has 0 N–H and O–H groups in total. The van der Waals surface area contributed by atoms with Gasteiger partial charge in [-0.2, -0.15) is 40.0 Å². The zero-order chi connectivity index (χ0) is 23.3. The smallest absolute Gasteiger partial charge is 0.0290 e. The van der Waals surface area contributed by atoms with Crippen molar-refractivity contribution in [1.82, 2.24) is 0 Å². The molecule has 32 heavy (non-hydrogen) atoms. The van der Waals surface area contributed by atoms with E-state index in [0.29, 0.717) is 5.92 Å². The van der Waals surface area contributed by atoms with E-state index in [0.717, 1.165) is 0 Å². The standard InChI is InChI=1S/C19H13.C9H13.C2H6Si.Zr/c1-2-6-14(7-3-1)17-12-13-19-16-9-5-4-8-15(16)10-11-18(17)19;1-6-5-7(2)9(4)8(6)3;1-3-2;/h1-12,17H;5H,1-4H3;1-2H3;/q2*-1;;+2. The molecular weight excluding hydrogens is 480 g/mol. The molecular formula is C30H32SiZr. The van der Waals surface area contributed by atoms with Crippen LogP contribution < -0.4 is 0 Å². The maximum Gasteiger partial charge on any atom is -0.0290 e. The Kier molecular flexibility index (Phi) is 8.74. The van der Waals surface area contributed by atoms with Crippen LogP contribution in [0.1, 0.15) is 44.9 Å². The topological polar surface area (TPSA) is 0 Å². The van der Waals surface area contributed by atoms with E-state index in [2.05, 4.69) is 126 Å². The van der Waals surface area contributed by atoms with Gasteiger partial charge in [0.05, 0.1) is 0 Å². The van der Waals surface area contributed by atoms with E-state index in [1.807, 2.05) is 0 Å². The van der Waals surface area contributed by atoms with Crippen LogP contribution in [-0.4, -0.2) is 5.43 Å². The second-order valence-electron chi connectivity index (χ2n) is 8.71. The molecule has 1 atom stereocenters. The van der Waals surface area contributed by atoms with Gasteiger partial charge in [0.15, 0.2) is 0 Å². The van der Waals surface area contributed by atoms with Gasteiger partial charge in [-0.15, -0.1) is 29.2 Å². The molecule has 0 fully saturated rings. The second-order valence-corrected chi connectivity index (χ2v) is 18.1. The molecule has 0 aliphatic heterocycles. The summed E-state index contributed by atoms with van der Waals surface area (Å²) in [5.74, 6) is 0.348. The molecule has 0 bridgehead atoms. The van der Waals surface area contributed by atoms with Gasteiger partial charge in [0.1, 0.15) is 0 Å². The average molecular weight is 512 g/mol. The van der Waals surface area contributed by atoms with E-state index < -0.39 is 0 Å². The predicted molar refractivity (Wildman–Crippen MR) is 138 cm³/mol. The Morgan fingerprint density at radius 2 is 1.34 bits per heavy atom. The van der Waals surface area contributed by atoms with Crippen molar-refractivity contribution in [2.45, 2.75) is 46.7 Å². The SMILES string of the molecule is C[Si](C)=[Zr+2].Cc1[cH-]c(C)c(C)c1C.[C-]1=CC(c2ccccc2)c2ccc3ccccc3c21. The molecule has 5 rings (SSSR count). The summed E-state index contributed by atoms with van der Waals surface area (Å²) in [6.07, 6.45) is 5.65. The van der Waals surface area contributed by atoms with Crippen molar-refractivity contribution in [2.75, 3.05) is 0 Å². The van der Waals surface area contributed by atoms with Crippen molar-refractivity contribution in [3.05, 3.63) is 124 Å². The molecule has 1 unspecified atom stereocenters. The number of benzene rings is 3. The van der Waals surface area contributed by atoms with Gasteiger partial charge in [-0.1, -0.05) is 87.7 Å². The molecule has 0 saturated heterocycles. The zero-order valence-corrected chi connectivity index (χ0v) is 23.5. The third-order valence-electron chi connectivity index (χ3n) is 6.03. The molecule has 1 aliphatic rings. The van der Waals surface area contributed by atoms with Gasteiger partial charge >= 0.3 is 41.9 Å². The Morgan fingerprint density at radius 1 is 0.781 bits per heavy atom. The number of fused-ring (bicyclic) bond motifs is 3. The third kappa shape index (κ3) is 5.91. The molecule has 0 radical (unpaired) electrons. The number of rotatable bonds is 1. The average Bonchev–Trinajstić information content (AvgIpc) is 3.31.